The van der Waals surface area contributed by atoms with Gasteiger partial charge in [0, 0.05) is 4.88 Å². The minimum atomic E-state index is -0.244. The highest BCUT2D eigenvalue weighted by molar-refractivity contribution is 7.10. The second-order valence-corrected chi connectivity index (χ2v) is 6.01. The predicted molar refractivity (Wildman–Crippen MR) is 80.0 cm³/mol. The van der Waals surface area contributed by atoms with Crippen molar-refractivity contribution in [2.75, 3.05) is 5.32 Å². The van der Waals surface area contributed by atoms with Gasteiger partial charge in [-0.1, -0.05) is 25.1 Å². The zero-order valence-corrected chi connectivity index (χ0v) is 12.9. The summed E-state index contributed by atoms with van der Waals surface area (Å²) in [4.78, 5) is 13.3. The summed E-state index contributed by atoms with van der Waals surface area (Å²) in [6.45, 7) is 7.74. The first kappa shape index (κ1) is 14.6. The number of nitrogens with one attached hydrogen (secondary N) is 2. The average molecular weight is 293 g/mol. The van der Waals surface area contributed by atoms with Crippen LogP contribution in [0.5, 0.6) is 0 Å². The lowest BCUT2D eigenvalue weighted by atomic mass is 10.0. The van der Waals surface area contributed by atoms with Crippen LogP contribution < -0.4 is 10.6 Å². The second kappa shape index (κ2) is 6.09. The third-order valence-corrected chi connectivity index (χ3v) is 4.03. The number of nitrogens with zero attached hydrogens (tertiary/aromatic N) is 1. The number of amides is 2. The van der Waals surface area contributed by atoms with E-state index < -0.39 is 0 Å². The number of anilines is 1. The monoisotopic (exact) mass is 293 g/mol. The van der Waals surface area contributed by atoms with Crippen molar-refractivity contribution < 1.29 is 9.32 Å². The number of urea groups is 1. The molecular weight excluding hydrogens is 274 g/mol. The lowest BCUT2D eigenvalue weighted by Gasteiger charge is -2.21. The van der Waals surface area contributed by atoms with Crippen LogP contribution in [-0.4, -0.2) is 11.2 Å². The molecule has 0 aliphatic carbocycles. The molecule has 2 N–H and O–H groups in total. The number of hydrogen-bond acceptors (Lipinski definition) is 4. The van der Waals surface area contributed by atoms with Gasteiger partial charge < -0.3 is 15.2 Å². The number of aromatic nitrogens is 1. The smallest absolute Gasteiger partial charge is 0.319 e. The Morgan fingerprint density at radius 2 is 2.15 bits per heavy atom. The molecule has 108 valence electrons. The first-order chi connectivity index (χ1) is 9.49. The normalized spacial score (nSPS) is 12.4. The van der Waals surface area contributed by atoms with Gasteiger partial charge in [0.1, 0.15) is 11.4 Å². The van der Waals surface area contributed by atoms with Crippen LogP contribution >= 0.6 is 11.3 Å². The molecule has 0 saturated heterocycles. The Bertz CT molecular complexity index is 556. The van der Waals surface area contributed by atoms with Gasteiger partial charge in [-0.05, 0) is 31.2 Å². The van der Waals surface area contributed by atoms with E-state index in [1.54, 1.807) is 25.2 Å². The van der Waals surface area contributed by atoms with Crippen molar-refractivity contribution in [3.05, 3.63) is 33.8 Å². The summed E-state index contributed by atoms with van der Waals surface area (Å²) in [6.07, 6.45) is 0. The van der Waals surface area contributed by atoms with E-state index in [-0.39, 0.29) is 12.1 Å². The van der Waals surface area contributed by atoms with Crippen molar-refractivity contribution in [2.45, 2.75) is 33.7 Å². The van der Waals surface area contributed by atoms with Crippen LogP contribution in [0.4, 0.5) is 10.5 Å². The number of rotatable bonds is 4. The fraction of sp³-hybridized carbons (Fsp3) is 0.429. The molecule has 0 aliphatic heterocycles. The Morgan fingerprint density at radius 3 is 2.65 bits per heavy atom. The molecule has 1 unspecified atom stereocenters. The van der Waals surface area contributed by atoms with E-state index in [2.05, 4.69) is 29.6 Å². The lowest BCUT2D eigenvalue weighted by Crippen LogP contribution is -2.34. The molecule has 2 rings (SSSR count). The highest BCUT2D eigenvalue weighted by atomic mass is 32.1. The van der Waals surface area contributed by atoms with Crippen molar-refractivity contribution in [2.24, 2.45) is 5.92 Å². The van der Waals surface area contributed by atoms with E-state index >= 15 is 0 Å². The first-order valence-corrected chi connectivity index (χ1v) is 7.40. The summed E-state index contributed by atoms with van der Waals surface area (Å²) in [5.41, 5.74) is 1.31. The molecule has 0 aliphatic rings. The maximum atomic E-state index is 12.1. The van der Waals surface area contributed by atoms with Gasteiger partial charge in [0.2, 0.25) is 0 Å². The minimum absolute atomic E-state index is 0.00419. The van der Waals surface area contributed by atoms with Gasteiger partial charge >= 0.3 is 6.03 Å². The second-order valence-electron chi connectivity index (χ2n) is 5.03. The molecular formula is C14H19N3O2S. The van der Waals surface area contributed by atoms with E-state index in [4.69, 9.17) is 4.52 Å². The van der Waals surface area contributed by atoms with Gasteiger partial charge in [-0.25, -0.2) is 4.79 Å². The number of carbonyl (C=O) groups is 1. The Morgan fingerprint density at radius 1 is 1.40 bits per heavy atom. The summed E-state index contributed by atoms with van der Waals surface area (Å²) in [6, 6.07) is 3.77. The quantitative estimate of drug-likeness (QED) is 0.899. The number of hydrogen-bond donors (Lipinski definition) is 2. The fourth-order valence-electron chi connectivity index (χ4n) is 1.99. The molecule has 0 fully saturated rings. The minimum Gasteiger partial charge on any atom is -0.359 e. The molecule has 2 amide bonds. The predicted octanol–water partition coefficient (Wildman–Crippen LogP) is 3.87. The summed E-state index contributed by atoms with van der Waals surface area (Å²) in [7, 11) is 0. The Kier molecular flexibility index (Phi) is 4.44. The zero-order valence-electron chi connectivity index (χ0n) is 12.1. The Labute approximate surface area is 122 Å². The van der Waals surface area contributed by atoms with Gasteiger partial charge in [0.05, 0.1) is 6.04 Å². The standard InChI is InChI=1S/C14H19N3O2S/c1-8(2)12(11-6-5-7-20-11)15-14(18)16-13-9(3)17-19-10(13)4/h5-8,12H,1-4H3,(H2,15,16,18). The van der Waals surface area contributed by atoms with E-state index in [1.165, 1.54) is 0 Å². The topological polar surface area (TPSA) is 67.2 Å². The number of thiophene rings is 1. The maximum Gasteiger partial charge on any atom is 0.319 e. The molecule has 1 atom stereocenters. The first-order valence-electron chi connectivity index (χ1n) is 6.52. The lowest BCUT2D eigenvalue weighted by molar-refractivity contribution is 0.245. The van der Waals surface area contributed by atoms with Crippen LogP contribution in [0.25, 0.3) is 0 Å². The summed E-state index contributed by atoms with van der Waals surface area (Å²) >= 11 is 1.64. The Balaban J connectivity index is 2.06. The third-order valence-electron chi connectivity index (χ3n) is 3.07. The van der Waals surface area contributed by atoms with Crippen molar-refractivity contribution in [3.8, 4) is 0 Å². The highest BCUT2D eigenvalue weighted by Gasteiger charge is 2.20. The van der Waals surface area contributed by atoms with Crippen molar-refractivity contribution in [3.63, 3.8) is 0 Å². The molecule has 2 aromatic heterocycles. The van der Waals surface area contributed by atoms with Crippen LogP contribution in [-0.2, 0) is 0 Å². The zero-order chi connectivity index (χ0) is 14.7. The average Bonchev–Trinajstić information content (AvgIpc) is 3.01. The highest BCUT2D eigenvalue weighted by Crippen LogP contribution is 2.26. The van der Waals surface area contributed by atoms with Crippen molar-refractivity contribution in [1.82, 2.24) is 10.5 Å². The SMILES string of the molecule is Cc1noc(C)c1NC(=O)NC(c1cccs1)C(C)C. The van der Waals surface area contributed by atoms with E-state index in [0.29, 0.717) is 23.1 Å². The van der Waals surface area contributed by atoms with Crippen LogP contribution in [0.2, 0.25) is 0 Å². The van der Waals surface area contributed by atoms with E-state index in [1.807, 2.05) is 17.5 Å². The molecule has 0 spiro atoms. The molecule has 2 aromatic rings. The summed E-state index contributed by atoms with van der Waals surface area (Å²) < 4.78 is 5.03. The number of aryl methyl sites for hydroxylation is 2. The molecule has 0 saturated carbocycles. The van der Waals surface area contributed by atoms with Gasteiger partial charge in [-0.15, -0.1) is 11.3 Å². The molecule has 20 heavy (non-hydrogen) atoms. The van der Waals surface area contributed by atoms with Gasteiger partial charge in [0.25, 0.3) is 0 Å². The van der Waals surface area contributed by atoms with E-state index in [9.17, 15) is 4.79 Å². The number of carbonyl (C=O) groups excluding carboxylic acids is 1. The Hall–Kier alpha value is -1.82. The summed E-state index contributed by atoms with van der Waals surface area (Å²) in [5.74, 6) is 0.916. The molecule has 0 radical (unpaired) electrons. The van der Waals surface area contributed by atoms with Crippen LogP contribution in [0.15, 0.2) is 22.0 Å². The fourth-order valence-corrected chi connectivity index (χ4v) is 2.94. The molecule has 0 aromatic carbocycles. The van der Waals surface area contributed by atoms with Crippen molar-refractivity contribution in [1.29, 1.82) is 0 Å². The summed E-state index contributed by atoms with van der Waals surface area (Å²) in [5, 5.41) is 11.6. The van der Waals surface area contributed by atoms with E-state index in [0.717, 1.165) is 4.88 Å². The maximum absolute atomic E-state index is 12.1. The van der Waals surface area contributed by atoms with Gasteiger partial charge in [-0.2, -0.15) is 0 Å². The molecule has 2 heterocycles. The molecule has 5 nitrogen and oxygen atoms in total. The molecule has 6 heteroatoms. The van der Waals surface area contributed by atoms with Crippen LogP contribution in [0.1, 0.15) is 36.2 Å². The van der Waals surface area contributed by atoms with Crippen molar-refractivity contribution >= 4 is 23.1 Å². The van der Waals surface area contributed by atoms with Crippen LogP contribution in [0.3, 0.4) is 0 Å². The largest absolute Gasteiger partial charge is 0.359 e. The third kappa shape index (κ3) is 3.19. The van der Waals surface area contributed by atoms with Crippen LogP contribution in [0, 0.1) is 19.8 Å². The van der Waals surface area contributed by atoms with Gasteiger partial charge in [-0.3, -0.25) is 0 Å². The van der Waals surface area contributed by atoms with Gasteiger partial charge in [0.15, 0.2) is 5.76 Å². The molecule has 0 bridgehead atoms.